The Labute approximate surface area is 213 Å². The van der Waals surface area contributed by atoms with E-state index in [2.05, 4.69) is 6.92 Å². The van der Waals surface area contributed by atoms with Gasteiger partial charge in [0, 0.05) is 45.1 Å². The van der Waals surface area contributed by atoms with Crippen molar-refractivity contribution >= 4 is 29.3 Å². The molecule has 36 heavy (non-hydrogen) atoms. The van der Waals surface area contributed by atoms with Gasteiger partial charge in [-0.15, -0.1) is 0 Å². The predicted octanol–water partition coefficient (Wildman–Crippen LogP) is 3.84. The van der Waals surface area contributed by atoms with Gasteiger partial charge in [-0.25, -0.2) is 4.79 Å². The van der Waals surface area contributed by atoms with E-state index in [-0.39, 0.29) is 42.4 Å². The van der Waals surface area contributed by atoms with Crippen LogP contribution in [-0.4, -0.2) is 74.4 Å². The molecule has 2 atom stereocenters. The van der Waals surface area contributed by atoms with Gasteiger partial charge in [-0.3, -0.25) is 9.59 Å². The number of anilines is 2. The van der Waals surface area contributed by atoms with Gasteiger partial charge in [0.05, 0.1) is 11.6 Å². The SMILES string of the molecule is COCCCN1C(=O)COc2ccc(N(C(=O)[C@H]3CN(C(=O)OC(C)(C)C)CC[C@@H]3C)C3CC3)cc21. The summed E-state index contributed by atoms with van der Waals surface area (Å²) in [4.78, 5) is 44.6. The van der Waals surface area contributed by atoms with E-state index in [1.165, 1.54) is 0 Å². The Morgan fingerprint density at radius 3 is 2.61 bits per heavy atom. The monoisotopic (exact) mass is 501 g/mol. The summed E-state index contributed by atoms with van der Waals surface area (Å²) in [7, 11) is 1.64. The number of nitrogens with zero attached hydrogens (tertiary/aromatic N) is 3. The van der Waals surface area contributed by atoms with Gasteiger partial charge < -0.3 is 28.9 Å². The van der Waals surface area contributed by atoms with Crippen LogP contribution in [-0.2, 0) is 19.1 Å². The number of fused-ring (bicyclic) bond motifs is 1. The van der Waals surface area contributed by atoms with E-state index in [1.807, 2.05) is 43.9 Å². The molecule has 0 spiro atoms. The highest BCUT2D eigenvalue weighted by Crippen LogP contribution is 2.41. The quantitative estimate of drug-likeness (QED) is 0.528. The fraction of sp³-hybridized carbons (Fsp3) is 0.667. The van der Waals surface area contributed by atoms with E-state index >= 15 is 0 Å². The van der Waals surface area contributed by atoms with Crippen LogP contribution in [0, 0.1) is 11.8 Å². The molecule has 0 N–H and O–H groups in total. The van der Waals surface area contributed by atoms with Gasteiger partial charge in [0.25, 0.3) is 5.91 Å². The van der Waals surface area contributed by atoms with Crippen molar-refractivity contribution in [1.82, 2.24) is 4.90 Å². The van der Waals surface area contributed by atoms with Crippen molar-refractivity contribution in [1.29, 1.82) is 0 Å². The molecule has 0 radical (unpaired) electrons. The second-order valence-electron chi connectivity index (χ2n) is 11.1. The second kappa shape index (κ2) is 10.7. The molecule has 9 nitrogen and oxygen atoms in total. The van der Waals surface area contributed by atoms with Crippen LogP contribution >= 0.6 is 0 Å². The first kappa shape index (κ1) is 26.3. The van der Waals surface area contributed by atoms with Crippen LogP contribution in [0.2, 0.25) is 0 Å². The van der Waals surface area contributed by atoms with E-state index in [4.69, 9.17) is 14.2 Å². The Morgan fingerprint density at radius 2 is 1.94 bits per heavy atom. The molecule has 0 unspecified atom stereocenters. The van der Waals surface area contributed by atoms with Crippen LogP contribution in [0.4, 0.5) is 16.2 Å². The number of ether oxygens (including phenoxy) is 3. The van der Waals surface area contributed by atoms with Gasteiger partial charge in [-0.1, -0.05) is 6.92 Å². The van der Waals surface area contributed by atoms with Crippen molar-refractivity contribution in [3.63, 3.8) is 0 Å². The fourth-order valence-corrected chi connectivity index (χ4v) is 4.87. The molecule has 1 aromatic carbocycles. The van der Waals surface area contributed by atoms with E-state index in [9.17, 15) is 14.4 Å². The third-order valence-electron chi connectivity index (χ3n) is 6.97. The zero-order valence-corrected chi connectivity index (χ0v) is 22.1. The highest BCUT2D eigenvalue weighted by atomic mass is 16.6. The van der Waals surface area contributed by atoms with Crippen molar-refractivity contribution in [2.45, 2.75) is 65.0 Å². The summed E-state index contributed by atoms with van der Waals surface area (Å²) in [5, 5.41) is 0. The fourth-order valence-electron chi connectivity index (χ4n) is 4.87. The number of benzene rings is 1. The maximum absolute atomic E-state index is 14.0. The van der Waals surface area contributed by atoms with Gasteiger partial charge in [0.1, 0.15) is 11.4 Å². The topological polar surface area (TPSA) is 88.6 Å². The Bertz CT molecular complexity index is 986. The molecule has 198 valence electrons. The lowest BCUT2D eigenvalue weighted by Gasteiger charge is -2.39. The first-order valence-corrected chi connectivity index (χ1v) is 13.0. The summed E-state index contributed by atoms with van der Waals surface area (Å²) in [5.74, 6) is 0.381. The number of hydrogen-bond acceptors (Lipinski definition) is 6. The number of carbonyl (C=O) groups excluding carboxylic acids is 3. The third kappa shape index (κ3) is 5.94. The summed E-state index contributed by atoms with van der Waals surface area (Å²) >= 11 is 0. The van der Waals surface area contributed by atoms with Gasteiger partial charge in [0.2, 0.25) is 5.91 Å². The molecular formula is C27H39N3O6. The number of piperidine rings is 1. The molecule has 9 heteroatoms. The minimum absolute atomic E-state index is 0.00465. The Balaban J connectivity index is 1.57. The molecule has 1 saturated carbocycles. The summed E-state index contributed by atoms with van der Waals surface area (Å²) in [6.07, 6.45) is 2.95. The van der Waals surface area contributed by atoms with Crippen LogP contribution < -0.4 is 14.5 Å². The minimum atomic E-state index is -0.586. The van der Waals surface area contributed by atoms with Crippen molar-refractivity contribution < 1.29 is 28.6 Å². The van der Waals surface area contributed by atoms with Crippen molar-refractivity contribution in [2.24, 2.45) is 11.8 Å². The Morgan fingerprint density at radius 1 is 1.19 bits per heavy atom. The molecule has 1 aromatic rings. The Hall–Kier alpha value is -2.81. The predicted molar refractivity (Wildman–Crippen MR) is 136 cm³/mol. The summed E-state index contributed by atoms with van der Waals surface area (Å²) < 4.78 is 16.4. The molecule has 1 aliphatic carbocycles. The van der Waals surface area contributed by atoms with E-state index in [1.54, 1.807) is 16.9 Å². The first-order chi connectivity index (χ1) is 17.1. The largest absolute Gasteiger partial charge is 0.482 e. The van der Waals surface area contributed by atoms with E-state index < -0.39 is 5.60 Å². The van der Waals surface area contributed by atoms with Crippen molar-refractivity contribution in [2.75, 3.05) is 49.8 Å². The maximum atomic E-state index is 14.0. The molecule has 0 aromatic heterocycles. The van der Waals surface area contributed by atoms with Crippen LogP contribution in [0.5, 0.6) is 5.75 Å². The smallest absolute Gasteiger partial charge is 0.410 e. The molecular weight excluding hydrogens is 462 g/mol. The second-order valence-corrected chi connectivity index (χ2v) is 11.1. The Kier molecular flexibility index (Phi) is 7.78. The van der Waals surface area contributed by atoms with E-state index in [0.717, 1.165) is 24.9 Å². The molecule has 4 rings (SSSR count). The molecule has 3 aliphatic rings. The highest BCUT2D eigenvalue weighted by Gasteiger charge is 2.42. The van der Waals surface area contributed by atoms with Crippen LogP contribution in [0.1, 0.15) is 53.4 Å². The standard InChI is InChI=1S/C27H39N3O6/c1-18-11-13-28(26(33)36-27(2,3)4)16-21(18)25(32)30(19-7-8-19)20-9-10-23-22(15-20)29(12-6-14-34-5)24(31)17-35-23/h9-10,15,18-19,21H,6-8,11-14,16-17H2,1-5H3/t18-,21-/m0/s1. The lowest BCUT2D eigenvalue weighted by molar-refractivity contribution is -0.125. The number of likely N-dealkylation sites (tertiary alicyclic amines) is 1. The van der Waals surface area contributed by atoms with Gasteiger partial charge >= 0.3 is 6.09 Å². The molecule has 2 heterocycles. The minimum Gasteiger partial charge on any atom is -0.482 e. The number of hydrogen-bond donors (Lipinski definition) is 0. The highest BCUT2D eigenvalue weighted by molar-refractivity contribution is 6.01. The number of carbonyl (C=O) groups is 3. The normalized spacial score (nSPS) is 22.1. The average molecular weight is 502 g/mol. The summed E-state index contributed by atoms with van der Waals surface area (Å²) in [6.45, 7) is 9.62. The van der Waals surface area contributed by atoms with Crippen molar-refractivity contribution in [3.05, 3.63) is 18.2 Å². The first-order valence-electron chi connectivity index (χ1n) is 13.0. The third-order valence-corrected chi connectivity index (χ3v) is 6.97. The van der Waals surface area contributed by atoms with Gasteiger partial charge in [0.15, 0.2) is 6.61 Å². The van der Waals surface area contributed by atoms with Crippen LogP contribution in [0.25, 0.3) is 0 Å². The summed E-state index contributed by atoms with van der Waals surface area (Å²) in [6, 6.07) is 5.77. The maximum Gasteiger partial charge on any atom is 0.410 e. The summed E-state index contributed by atoms with van der Waals surface area (Å²) in [5.41, 5.74) is 0.862. The molecule has 1 saturated heterocycles. The average Bonchev–Trinajstić information content (AvgIpc) is 3.65. The number of methoxy groups -OCH3 is 1. The zero-order chi connectivity index (χ0) is 26.0. The van der Waals surface area contributed by atoms with E-state index in [0.29, 0.717) is 44.1 Å². The lowest BCUT2D eigenvalue weighted by Crippen LogP contribution is -2.51. The number of rotatable bonds is 7. The molecule has 0 bridgehead atoms. The van der Waals surface area contributed by atoms with Crippen molar-refractivity contribution in [3.8, 4) is 5.75 Å². The van der Waals surface area contributed by atoms with Crippen LogP contribution in [0.3, 0.4) is 0 Å². The van der Waals surface area contributed by atoms with Gasteiger partial charge in [-0.05, 0) is 70.6 Å². The zero-order valence-electron chi connectivity index (χ0n) is 22.1. The van der Waals surface area contributed by atoms with Gasteiger partial charge in [-0.2, -0.15) is 0 Å². The molecule has 2 aliphatic heterocycles. The lowest BCUT2D eigenvalue weighted by atomic mass is 9.86. The molecule has 2 fully saturated rings. The molecule has 3 amide bonds. The van der Waals surface area contributed by atoms with Crippen LogP contribution in [0.15, 0.2) is 18.2 Å². The number of amides is 3.